The van der Waals surface area contributed by atoms with Crippen LogP contribution in [0.3, 0.4) is 0 Å². The lowest BCUT2D eigenvalue weighted by atomic mass is 10.2. The molecule has 0 N–H and O–H groups in total. The molecule has 0 spiro atoms. The molecule has 14 heavy (non-hydrogen) atoms. The Balaban J connectivity index is 2.65. The van der Waals surface area contributed by atoms with Crippen molar-refractivity contribution in [2.24, 2.45) is 0 Å². The van der Waals surface area contributed by atoms with Gasteiger partial charge in [-0.25, -0.2) is 0 Å². The molecule has 0 bridgehead atoms. The highest BCUT2D eigenvalue weighted by molar-refractivity contribution is 9.10. The number of alkyl halides is 1. The number of hydrogen-bond donors (Lipinski definition) is 0. The van der Waals surface area contributed by atoms with E-state index in [1.165, 1.54) is 5.56 Å². The normalized spacial score (nSPS) is 14.1. The minimum Gasteiger partial charge on any atom is -0.126 e. The van der Waals surface area contributed by atoms with Crippen molar-refractivity contribution in [3.05, 3.63) is 34.3 Å². The van der Waals surface area contributed by atoms with Gasteiger partial charge in [-0.2, -0.15) is 0 Å². The minimum absolute atomic E-state index is 0.323. The number of hydrogen-bond acceptors (Lipinski definition) is 0. The van der Waals surface area contributed by atoms with E-state index in [4.69, 9.17) is 11.6 Å². The van der Waals surface area contributed by atoms with Gasteiger partial charge in [0.25, 0.3) is 0 Å². The molecule has 0 aliphatic rings. The van der Waals surface area contributed by atoms with Crippen molar-refractivity contribution in [2.45, 2.75) is 31.1 Å². The third-order valence-corrected chi connectivity index (χ3v) is 7.00. The first kappa shape index (κ1) is 12.3. The number of rotatable bonds is 3. The third kappa shape index (κ3) is 3.75. The number of benzene rings is 1. The molecule has 1 atom stereocenters. The summed E-state index contributed by atoms with van der Waals surface area (Å²) < 4.78 is 1.13. The Morgan fingerprint density at radius 2 is 1.71 bits per heavy atom. The van der Waals surface area contributed by atoms with E-state index in [0.717, 1.165) is 10.9 Å². The third-order valence-electron chi connectivity index (χ3n) is 2.27. The maximum Gasteiger partial charge on any atom is 0.0652 e. The summed E-state index contributed by atoms with van der Waals surface area (Å²) in [5.41, 5.74) is 1.33. The molecule has 0 aromatic heterocycles. The van der Waals surface area contributed by atoms with Crippen LogP contribution in [0.15, 0.2) is 28.7 Å². The Labute approximate surface area is 101 Å². The lowest BCUT2D eigenvalue weighted by Gasteiger charge is -2.22. The van der Waals surface area contributed by atoms with Crippen molar-refractivity contribution in [2.75, 3.05) is 0 Å². The Hall–Kier alpha value is 0.207. The fraction of sp³-hybridized carbons (Fsp3) is 0.455. The number of halogens is 2. The van der Waals surface area contributed by atoms with Crippen molar-refractivity contribution in [1.82, 2.24) is 0 Å². The minimum atomic E-state index is -1.20. The van der Waals surface area contributed by atoms with Crippen LogP contribution in [-0.4, -0.2) is 13.1 Å². The van der Waals surface area contributed by atoms with Crippen LogP contribution in [-0.2, 0) is 6.42 Å². The van der Waals surface area contributed by atoms with Gasteiger partial charge in [0, 0.05) is 9.47 Å². The molecule has 0 aliphatic carbocycles. The second-order valence-electron chi connectivity index (χ2n) is 4.66. The molecule has 0 fully saturated rings. The average molecular weight is 292 g/mol. The predicted molar refractivity (Wildman–Crippen MR) is 70.8 cm³/mol. The van der Waals surface area contributed by atoms with Crippen LogP contribution in [0.1, 0.15) is 5.56 Å². The van der Waals surface area contributed by atoms with Crippen molar-refractivity contribution < 1.29 is 0 Å². The van der Waals surface area contributed by atoms with E-state index < -0.39 is 8.07 Å². The van der Waals surface area contributed by atoms with E-state index in [2.05, 4.69) is 59.8 Å². The summed E-state index contributed by atoms with van der Waals surface area (Å²) in [7, 11) is -1.20. The molecule has 0 heterocycles. The van der Waals surface area contributed by atoms with E-state index in [0.29, 0.717) is 5.00 Å². The molecule has 1 rings (SSSR count). The maximum atomic E-state index is 6.38. The van der Waals surface area contributed by atoms with Gasteiger partial charge >= 0.3 is 0 Å². The van der Waals surface area contributed by atoms with Gasteiger partial charge in [0.15, 0.2) is 0 Å². The van der Waals surface area contributed by atoms with Crippen LogP contribution < -0.4 is 0 Å². The Morgan fingerprint density at radius 1 is 1.21 bits per heavy atom. The molecule has 1 unspecified atom stereocenters. The first-order chi connectivity index (χ1) is 6.39. The van der Waals surface area contributed by atoms with Crippen LogP contribution in [0.4, 0.5) is 0 Å². The molecule has 3 heteroatoms. The quantitative estimate of drug-likeness (QED) is 0.569. The topological polar surface area (TPSA) is 0 Å². The Bertz CT molecular complexity index is 289. The average Bonchev–Trinajstić information content (AvgIpc) is 2.07. The van der Waals surface area contributed by atoms with Gasteiger partial charge in [0.1, 0.15) is 0 Å². The van der Waals surface area contributed by atoms with Crippen LogP contribution in [0.25, 0.3) is 0 Å². The van der Waals surface area contributed by atoms with Gasteiger partial charge in [-0.05, 0) is 24.1 Å². The lowest BCUT2D eigenvalue weighted by Crippen LogP contribution is -2.35. The summed E-state index contributed by atoms with van der Waals surface area (Å²) in [6.45, 7) is 6.93. The summed E-state index contributed by atoms with van der Waals surface area (Å²) >= 11 is 9.81. The van der Waals surface area contributed by atoms with E-state index in [1.807, 2.05) is 0 Å². The zero-order valence-electron chi connectivity index (χ0n) is 8.85. The van der Waals surface area contributed by atoms with E-state index in [1.54, 1.807) is 0 Å². The summed E-state index contributed by atoms with van der Waals surface area (Å²) in [5, 5.41) is 0.323. The summed E-state index contributed by atoms with van der Waals surface area (Å²) in [4.78, 5) is 0. The molecule has 0 nitrogen and oxygen atoms in total. The molecule has 0 aliphatic heterocycles. The second kappa shape index (κ2) is 4.82. The Kier molecular flexibility index (Phi) is 4.23. The Morgan fingerprint density at radius 3 is 2.14 bits per heavy atom. The molecular weight excluding hydrogens is 276 g/mol. The molecule has 1 aromatic carbocycles. The molecule has 1 aromatic rings. The van der Waals surface area contributed by atoms with E-state index in [9.17, 15) is 0 Å². The van der Waals surface area contributed by atoms with Crippen LogP contribution >= 0.6 is 27.5 Å². The van der Waals surface area contributed by atoms with Crippen molar-refractivity contribution in [3.8, 4) is 0 Å². The molecule has 0 saturated carbocycles. The van der Waals surface area contributed by atoms with Crippen molar-refractivity contribution in [3.63, 3.8) is 0 Å². The second-order valence-corrected chi connectivity index (χ2v) is 11.9. The first-order valence-corrected chi connectivity index (χ1v) is 9.59. The maximum absolute atomic E-state index is 6.38. The van der Waals surface area contributed by atoms with Gasteiger partial charge in [-0.1, -0.05) is 47.7 Å². The van der Waals surface area contributed by atoms with Crippen LogP contribution in [0.2, 0.25) is 19.6 Å². The fourth-order valence-electron chi connectivity index (χ4n) is 1.13. The zero-order valence-corrected chi connectivity index (χ0v) is 12.2. The van der Waals surface area contributed by atoms with Crippen LogP contribution in [0, 0.1) is 0 Å². The molecule has 0 amide bonds. The molecular formula is C11H16BrClSi. The molecule has 0 saturated heterocycles. The molecule has 0 radical (unpaired) electrons. The highest BCUT2D eigenvalue weighted by Gasteiger charge is 2.24. The van der Waals surface area contributed by atoms with E-state index >= 15 is 0 Å². The van der Waals surface area contributed by atoms with Gasteiger partial charge in [-0.15, -0.1) is 11.6 Å². The lowest BCUT2D eigenvalue weighted by molar-refractivity contribution is 1.04. The van der Waals surface area contributed by atoms with Gasteiger partial charge in [0.05, 0.1) is 8.07 Å². The molecule has 78 valence electrons. The largest absolute Gasteiger partial charge is 0.126 e. The summed E-state index contributed by atoms with van der Waals surface area (Å²) in [6, 6.07) is 8.42. The highest BCUT2D eigenvalue weighted by Crippen LogP contribution is 2.20. The van der Waals surface area contributed by atoms with Crippen molar-refractivity contribution >= 4 is 35.6 Å². The van der Waals surface area contributed by atoms with Gasteiger partial charge in [-0.3, -0.25) is 0 Å². The standard InChI is InChI=1S/C11H16BrClSi/c1-14(2,3)11(13)8-9-4-6-10(12)7-5-9/h4-7,11H,8H2,1-3H3. The monoisotopic (exact) mass is 290 g/mol. The summed E-state index contributed by atoms with van der Waals surface area (Å²) in [6.07, 6.45) is 0.991. The van der Waals surface area contributed by atoms with Gasteiger partial charge < -0.3 is 0 Å². The fourth-order valence-corrected chi connectivity index (χ4v) is 2.42. The van der Waals surface area contributed by atoms with Crippen molar-refractivity contribution in [1.29, 1.82) is 0 Å². The smallest absolute Gasteiger partial charge is 0.0652 e. The van der Waals surface area contributed by atoms with E-state index in [-0.39, 0.29) is 0 Å². The SMILES string of the molecule is C[Si](C)(C)C(Cl)Cc1ccc(Br)cc1. The van der Waals surface area contributed by atoms with Gasteiger partial charge in [0.2, 0.25) is 0 Å². The van der Waals surface area contributed by atoms with Crippen LogP contribution in [0.5, 0.6) is 0 Å². The zero-order chi connectivity index (χ0) is 10.8. The summed E-state index contributed by atoms with van der Waals surface area (Å²) in [5.74, 6) is 0. The highest BCUT2D eigenvalue weighted by atomic mass is 79.9. The predicted octanol–water partition coefficient (Wildman–Crippen LogP) is 4.48. The first-order valence-electron chi connectivity index (χ1n) is 4.78.